The van der Waals surface area contributed by atoms with E-state index in [1.807, 2.05) is 6.20 Å². The Morgan fingerprint density at radius 1 is 1.38 bits per heavy atom. The average Bonchev–Trinajstić information content (AvgIpc) is 2.77. The number of hydrogen-bond acceptors (Lipinski definition) is 3. The predicted octanol–water partition coefficient (Wildman–Crippen LogP) is 3.23. The smallest absolute Gasteiger partial charge is 0.0505 e. The summed E-state index contributed by atoms with van der Waals surface area (Å²) in [7, 11) is 0. The number of fused-ring (bicyclic) bond motifs is 1. The molecule has 0 aliphatic heterocycles. The summed E-state index contributed by atoms with van der Waals surface area (Å²) in [5.41, 5.74) is 1.23. The Morgan fingerprint density at radius 3 is 3.00 bits per heavy atom. The fourth-order valence-corrected chi connectivity index (χ4v) is 2.80. The molecular formula is C13H18N2S. The van der Waals surface area contributed by atoms with Crippen molar-refractivity contribution in [2.45, 2.75) is 32.7 Å². The zero-order valence-corrected chi connectivity index (χ0v) is 10.7. The molecule has 0 saturated carbocycles. The quantitative estimate of drug-likeness (QED) is 0.859. The molecule has 16 heavy (non-hydrogen) atoms. The number of nitrogens with one attached hydrogen (secondary N) is 1. The van der Waals surface area contributed by atoms with Gasteiger partial charge in [0.2, 0.25) is 0 Å². The van der Waals surface area contributed by atoms with Crippen molar-refractivity contribution in [2.24, 2.45) is 0 Å². The van der Waals surface area contributed by atoms with E-state index in [1.54, 1.807) is 11.3 Å². The third kappa shape index (κ3) is 2.42. The first-order valence-electron chi connectivity index (χ1n) is 5.89. The summed E-state index contributed by atoms with van der Waals surface area (Å²) in [5.74, 6) is 0. The van der Waals surface area contributed by atoms with Crippen molar-refractivity contribution in [1.82, 2.24) is 10.3 Å². The molecule has 2 aromatic rings. The highest BCUT2D eigenvalue weighted by Crippen LogP contribution is 2.23. The van der Waals surface area contributed by atoms with Crippen LogP contribution in [0, 0.1) is 0 Å². The van der Waals surface area contributed by atoms with E-state index in [-0.39, 0.29) is 0 Å². The highest BCUT2D eigenvalue weighted by molar-refractivity contribution is 7.17. The second kappa shape index (κ2) is 5.41. The SMILES string of the molecule is CCNC(CC)Cc1nccc2sccc12. The molecule has 86 valence electrons. The lowest BCUT2D eigenvalue weighted by atomic mass is 10.1. The summed E-state index contributed by atoms with van der Waals surface area (Å²) in [6.45, 7) is 5.40. The number of rotatable bonds is 5. The molecule has 1 atom stereocenters. The second-order valence-electron chi connectivity index (χ2n) is 3.96. The molecule has 0 fully saturated rings. The van der Waals surface area contributed by atoms with Gasteiger partial charge < -0.3 is 5.32 Å². The summed E-state index contributed by atoms with van der Waals surface area (Å²) in [6, 6.07) is 4.82. The van der Waals surface area contributed by atoms with Gasteiger partial charge in [-0.1, -0.05) is 13.8 Å². The van der Waals surface area contributed by atoms with Crippen LogP contribution >= 0.6 is 11.3 Å². The Hall–Kier alpha value is -0.930. The van der Waals surface area contributed by atoms with Crippen molar-refractivity contribution in [2.75, 3.05) is 6.54 Å². The van der Waals surface area contributed by atoms with E-state index < -0.39 is 0 Å². The van der Waals surface area contributed by atoms with E-state index in [0.29, 0.717) is 6.04 Å². The third-order valence-electron chi connectivity index (χ3n) is 2.89. The summed E-state index contributed by atoms with van der Waals surface area (Å²) < 4.78 is 1.34. The summed E-state index contributed by atoms with van der Waals surface area (Å²) in [5, 5.41) is 6.97. The van der Waals surface area contributed by atoms with Crippen molar-refractivity contribution >= 4 is 21.4 Å². The molecule has 1 N–H and O–H groups in total. The zero-order chi connectivity index (χ0) is 11.4. The van der Waals surface area contributed by atoms with Crippen molar-refractivity contribution in [3.8, 4) is 0 Å². The second-order valence-corrected chi connectivity index (χ2v) is 4.90. The predicted molar refractivity (Wildman–Crippen MR) is 71.1 cm³/mol. The van der Waals surface area contributed by atoms with Gasteiger partial charge in [0.1, 0.15) is 0 Å². The van der Waals surface area contributed by atoms with E-state index in [2.05, 4.69) is 41.7 Å². The Morgan fingerprint density at radius 2 is 2.25 bits per heavy atom. The molecule has 0 amide bonds. The summed E-state index contributed by atoms with van der Waals surface area (Å²) in [4.78, 5) is 4.52. The lowest BCUT2D eigenvalue weighted by Crippen LogP contribution is -2.30. The molecule has 0 spiro atoms. The molecule has 0 bridgehead atoms. The number of hydrogen-bond donors (Lipinski definition) is 1. The first-order valence-corrected chi connectivity index (χ1v) is 6.77. The average molecular weight is 234 g/mol. The Kier molecular flexibility index (Phi) is 3.91. The van der Waals surface area contributed by atoms with Crippen LogP contribution in [0.2, 0.25) is 0 Å². The molecule has 3 heteroatoms. The Balaban J connectivity index is 2.22. The fraction of sp³-hybridized carbons (Fsp3) is 0.462. The van der Waals surface area contributed by atoms with Crippen molar-refractivity contribution in [3.63, 3.8) is 0 Å². The molecule has 2 aromatic heterocycles. The van der Waals surface area contributed by atoms with Crippen LogP contribution in [0.3, 0.4) is 0 Å². The maximum Gasteiger partial charge on any atom is 0.0505 e. The highest BCUT2D eigenvalue weighted by Gasteiger charge is 2.09. The topological polar surface area (TPSA) is 24.9 Å². The van der Waals surface area contributed by atoms with Gasteiger partial charge in [-0.3, -0.25) is 4.98 Å². The molecule has 2 nitrogen and oxygen atoms in total. The van der Waals surface area contributed by atoms with E-state index in [9.17, 15) is 0 Å². The van der Waals surface area contributed by atoms with Crippen LogP contribution in [0.25, 0.3) is 10.1 Å². The van der Waals surface area contributed by atoms with Crippen molar-refractivity contribution in [1.29, 1.82) is 0 Å². The van der Waals surface area contributed by atoms with E-state index in [4.69, 9.17) is 0 Å². The maximum absolute atomic E-state index is 4.52. The van der Waals surface area contributed by atoms with Crippen LogP contribution in [0.15, 0.2) is 23.7 Å². The number of nitrogens with zero attached hydrogens (tertiary/aromatic N) is 1. The number of thiophene rings is 1. The first kappa shape index (κ1) is 11.6. The Labute approximate surface area is 101 Å². The molecule has 2 heterocycles. The molecule has 0 aromatic carbocycles. The van der Waals surface area contributed by atoms with Crippen LogP contribution in [0.1, 0.15) is 26.0 Å². The van der Waals surface area contributed by atoms with Gasteiger partial charge in [-0.05, 0) is 30.5 Å². The van der Waals surface area contributed by atoms with Gasteiger partial charge in [-0.15, -0.1) is 11.3 Å². The molecule has 0 aliphatic rings. The third-order valence-corrected chi connectivity index (χ3v) is 3.77. The largest absolute Gasteiger partial charge is 0.314 e. The van der Waals surface area contributed by atoms with Crippen molar-refractivity contribution < 1.29 is 0 Å². The minimum atomic E-state index is 0.544. The number of pyridine rings is 1. The number of aromatic nitrogens is 1. The summed E-state index contributed by atoms with van der Waals surface area (Å²) >= 11 is 1.79. The molecule has 0 saturated heterocycles. The molecule has 2 rings (SSSR count). The van der Waals surface area contributed by atoms with Crippen molar-refractivity contribution in [3.05, 3.63) is 29.4 Å². The van der Waals surface area contributed by atoms with Crippen LogP contribution in [-0.4, -0.2) is 17.6 Å². The normalized spacial score (nSPS) is 13.1. The van der Waals surface area contributed by atoms with Gasteiger partial charge in [0, 0.05) is 28.7 Å². The maximum atomic E-state index is 4.52. The van der Waals surface area contributed by atoms with Crippen LogP contribution in [0.5, 0.6) is 0 Å². The van der Waals surface area contributed by atoms with E-state index in [0.717, 1.165) is 19.4 Å². The number of likely N-dealkylation sites (N-methyl/N-ethyl adjacent to an activating group) is 1. The van der Waals surface area contributed by atoms with Gasteiger partial charge in [0.25, 0.3) is 0 Å². The fourth-order valence-electron chi connectivity index (χ4n) is 2.00. The van der Waals surface area contributed by atoms with E-state index >= 15 is 0 Å². The van der Waals surface area contributed by atoms with Gasteiger partial charge >= 0.3 is 0 Å². The highest BCUT2D eigenvalue weighted by atomic mass is 32.1. The Bertz CT molecular complexity index is 450. The van der Waals surface area contributed by atoms with Gasteiger partial charge in [0.15, 0.2) is 0 Å². The molecule has 0 aliphatic carbocycles. The lowest BCUT2D eigenvalue weighted by molar-refractivity contribution is 0.507. The van der Waals surface area contributed by atoms with Crippen LogP contribution in [-0.2, 0) is 6.42 Å². The zero-order valence-electron chi connectivity index (χ0n) is 9.86. The molecule has 1 unspecified atom stereocenters. The van der Waals surface area contributed by atoms with Crippen LogP contribution in [0.4, 0.5) is 0 Å². The lowest BCUT2D eigenvalue weighted by Gasteiger charge is -2.15. The minimum Gasteiger partial charge on any atom is -0.314 e. The molecular weight excluding hydrogens is 216 g/mol. The molecule has 0 radical (unpaired) electrons. The monoisotopic (exact) mass is 234 g/mol. The van der Waals surface area contributed by atoms with E-state index in [1.165, 1.54) is 15.8 Å². The first-order chi connectivity index (χ1) is 7.85. The summed E-state index contributed by atoms with van der Waals surface area (Å²) in [6.07, 6.45) is 4.10. The standard InChI is InChI=1S/C13H18N2S/c1-3-10(14-4-2)9-12-11-6-8-16-13(11)5-7-15-12/h5-8,10,14H,3-4,9H2,1-2H3. The minimum absolute atomic E-state index is 0.544. The van der Waals surface area contributed by atoms with Gasteiger partial charge in [0.05, 0.1) is 5.69 Å². The van der Waals surface area contributed by atoms with Gasteiger partial charge in [-0.25, -0.2) is 0 Å². The van der Waals surface area contributed by atoms with Gasteiger partial charge in [-0.2, -0.15) is 0 Å². The van der Waals surface area contributed by atoms with Crippen LogP contribution < -0.4 is 5.32 Å².